The molecule has 1 rings (SSSR count). The molecule has 1 unspecified atom stereocenters. The maximum atomic E-state index is 11.7. The highest BCUT2D eigenvalue weighted by Crippen LogP contribution is 2.12. The van der Waals surface area contributed by atoms with Crippen LogP contribution in [-0.4, -0.2) is 35.9 Å². The van der Waals surface area contributed by atoms with Crippen LogP contribution in [0, 0.1) is 0 Å². The number of hydrogen-bond donors (Lipinski definition) is 2. The third kappa shape index (κ3) is 3.17. The van der Waals surface area contributed by atoms with Crippen LogP contribution in [0.1, 0.15) is 0 Å². The minimum absolute atomic E-state index is 0.294. The highest BCUT2D eigenvalue weighted by Gasteiger charge is 2.27. The number of halogens is 2. The van der Waals surface area contributed by atoms with E-state index in [-0.39, 0.29) is 5.24 Å². The van der Waals surface area contributed by atoms with Gasteiger partial charge in [-0.05, 0) is 0 Å². The van der Waals surface area contributed by atoms with Crippen molar-refractivity contribution in [1.82, 2.24) is 10.6 Å². The van der Waals surface area contributed by atoms with Crippen LogP contribution in [0.2, 0.25) is 0 Å². The first kappa shape index (κ1) is 10.2. The molecule has 2 amide bonds. The average molecular weight is 210 g/mol. The van der Waals surface area contributed by atoms with Crippen LogP contribution >= 0.6 is 11.8 Å². The molecule has 0 aliphatic carbocycles. The second-order valence-corrected chi connectivity index (χ2v) is 3.42. The second-order valence-electron chi connectivity index (χ2n) is 2.43. The van der Waals surface area contributed by atoms with Gasteiger partial charge in [0.2, 0.25) is 5.91 Å². The summed E-state index contributed by atoms with van der Waals surface area (Å²) in [5.41, 5.74) is 0. The van der Waals surface area contributed by atoms with Crippen LogP contribution in [-0.2, 0) is 4.79 Å². The molecule has 0 bridgehead atoms. The predicted molar refractivity (Wildman–Crippen MR) is 43.8 cm³/mol. The van der Waals surface area contributed by atoms with E-state index in [2.05, 4.69) is 5.32 Å². The Bertz CT molecular complexity index is 225. The summed E-state index contributed by atoms with van der Waals surface area (Å²) in [7, 11) is 0. The molecule has 0 spiro atoms. The molecule has 0 aromatic rings. The van der Waals surface area contributed by atoms with Gasteiger partial charge in [0.15, 0.2) is 0 Å². The van der Waals surface area contributed by atoms with E-state index in [1.165, 1.54) is 0 Å². The summed E-state index contributed by atoms with van der Waals surface area (Å²) < 4.78 is 23.3. The first-order valence-corrected chi connectivity index (χ1v) is 4.57. The van der Waals surface area contributed by atoms with Gasteiger partial charge in [-0.2, -0.15) is 0 Å². The lowest BCUT2D eigenvalue weighted by Crippen LogP contribution is -2.44. The third-order valence-corrected chi connectivity index (χ3v) is 2.30. The lowest BCUT2D eigenvalue weighted by atomic mass is 10.3. The van der Waals surface area contributed by atoms with Crippen molar-refractivity contribution < 1.29 is 18.4 Å². The number of carbonyl (C=O) groups is 2. The lowest BCUT2D eigenvalue weighted by molar-refractivity contribution is -0.122. The molecule has 1 aliphatic heterocycles. The molecule has 1 aliphatic rings. The number of rotatable bonds is 3. The first-order valence-electron chi connectivity index (χ1n) is 3.58. The molecule has 4 nitrogen and oxygen atoms in total. The minimum Gasteiger partial charge on any atom is -0.349 e. The fourth-order valence-corrected chi connectivity index (χ4v) is 1.61. The highest BCUT2D eigenvalue weighted by molar-refractivity contribution is 8.14. The molecule has 13 heavy (non-hydrogen) atoms. The van der Waals surface area contributed by atoms with E-state index >= 15 is 0 Å². The Kier molecular flexibility index (Phi) is 3.47. The SMILES string of the molecule is O=C1NC(C(=O)NCC(F)F)CS1. The standard InChI is InChI=1S/C6H8F2N2O2S/c7-4(8)1-9-5(11)3-2-13-6(12)10-3/h3-4H,1-2H2,(H,9,11)(H,10,12). The Morgan fingerprint density at radius 2 is 2.46 bits per heavy atom. The zero-order valence-corrected chi connectivity index (χ0v) is 7.37. The van der Waals surface area contributed by atoms with Crippen molar-refractivity contribution in [2.24, 2.45) is 0 Å². The van der Waals surface area contributed by atoms with Crippen molar-refractivity contribution in [3.8, 4) is 0 Å². The molecule has 0 radical (unpaired) electrons. The van der Waals surface area contributed by atoms with Gasteiger partial charge >= 0.3 is 0 Å². The van der Waals surface area contributed by atoms with Crippen molar-refractivity contribution in [2.75, 3.05) is 12.3 Å². The first-order chi connectivity index (χ1) is 6.09. The zero-order chi connectivity index (χ0) is 9.84. The van der Waals surface area contributed by atoms with Gasteiger partial charge in [-0.3, -0.25) is 9.59 Å². The zero-order valence-electron chi connectivity index (χ0n) is 6.55. The smallest absolute Gasteiger partial charge is 0.279 e. The molecule has 0 aromatic carbocycles. The Morgan fingerprint density at radius 1 is 1.77 bits per heavy atom. The molecule has 1 fully saturated rings. The van der Waals surface area contributed by atoms with E-state index in [0.29, 0.717) is 5.75 Å². The Labute approximate surface area is 77.4 Å². The summed E-state index contributed by atoms with van der Waals surface area (Å²) in [6, 6.07) is -0.670. The lowest BCUT2D eigenvalue weighted by Gasteiger charge is -2.09. The number of nitrogens with one attached hydrogen (secondary N) is 2. The quantitative estimate of drug-likeness (QED) is 0.699. The Hall–Kier alpha value is -0.850. The van der Waals surface area contributed by atoms with E-state index in [1.807, 2.05) is 5.32 Å². The molecular weight excluding hydrogens is 202 g/mol. The molecule has 1 atom stereocenters. The summed E-state index contributed by atoms with van der Waals surface area (Å²) in [5.74, 6) is -0.257. The van der Waals surface area contributed by atoms with Crippen molar-refractivity contribution >= 4 is 22.9 Å². The van der Waals surface area contributed by atoms with E-state index in [9.17, 15) is 18.4 Å². The fourth-order valence-electron chi connectivity index (χ4n) is 0.827. The Morgan fingerprint density at radius 3 is 2.92 bits per heavy atom. The van der Waals surface area contributed by atoms with Gasteiger partial charge < -0.3 is 10.6 Å². The summed E-state index contributed by atoms with van der Waals surface area (Å²) >= 11 is 0.970. The third-order valence-electron chi connectivity index (χ3n) is 1.42. The molecule has 7 heteroatoms. The minimum atomic E-state index is -2.56. The van der Waals surface area contributed by atoms with Crippen LogP contribution in [0.3, 0.4) is 0 Å². The molecule has 0 aromatic heterocycles. The highest BCUT2D eigenvalue weighted by atomic mass is 32.2. The van der Waals surface area contributed by atoms with Gasteiger partial charge in [-0.15, -0.1) is 0 Å². The van der Waals surface area contributed by atoms with Crippen LogP contribution in [0.25, 0.3) is 0 Å². The van der Waals surface area contributed by atoms with Gasteiger partial charge in [0.1, 0.15) is 6.04 Å². The van der Waals surface area contributed by atoms with Gasteiger partial charge in [0.25, 0.3) is 11.7 Å². The maximum absolute atomic E-state index is 11.7. The molecule has 2 N–H and O–H groups in total. The van der Waals surface area contributed by atoms with Crippen molar-refractivity contribution in [2.45, 2.75) is 12.5 Å². The van der Waals surface area contributed by atoms with Gasteiger partial charge in [-0.25, -0.2) is 8.78 Å². The van der Waals surface area contributed by atoms with Gasteiger partial charge in [0.05, 0.1) is 6.54 Å². The molecule has 1 heterocycles. The van der Waals surface area contributed by atoms with Crippen LogP contribution in [0.4, 0.5) is 13.6 Å². The van der Waals surface area contributed by atoms with Gasteiger partial charge in [0, 0.05) is 5.75 Å². The number of alkyl halides is 2. The number of hydrogen-bond acceptors (Lipinski definition) is 3. The summed E-state index contributed by atoms with van der Waals surface area (Å²) in [4.78, 5) is 21.6. The average Bonchev–Trinajstić information content (AvgIpc) is 2.47. The number of amides is 2. The largest absolute Gasteiger partial charge is 0.349 e. The maximum Gasteiger partial charge on any atom is 0.279 e. The van der Waals surface area contributed by atoms with E-state index in [1.54, 1.807) is 0 Å². The van der Waals surface area contributed by atoms with Crippen LogP contribution in [0.5, 0.6) is 0 Å². The van der Waals surface area contributed by atoms with E-state index < -0.39 is 24.9 Å². The van der Waals surface area contributed by atoms with Crippen molar-refractivity contribution in [3.05, 3.63) is 0 Å². The number of thioether (sulfide) groups is 1. The van der Waals surface area contributed by atoms with E-state index in [0.717, 1.165) is 11.8 Å². The molecule has 0 saturated carbocycles. The topological polar surface area (TPSA) is 58.2 Å². The second kappa shape index (κ2) is 4.40. The monoisotopic (exact) mass is 210 g/mol. The van der Waals surface area contributed by atoms with Gasteiger partial charge in [-0.1, -0.05) is 11.8 Å². The molecular formula is C6H8F2N2O2S. The Balaban J connectivity index is 2.27. The summed E-state index contributed by atoms with van der Waals surface area (Å²) in [6.07, 6.45) is -2.56. The molecule has 1 saturated heterocycles. The van der Waals surface area contributed by atoms with E-state index in [4.69, 9.17) is 0 Å². The van der Waals surface area contributed by atoms with Crippen LogP contribution in [0.15, 0.2) is 0 Å². The van der Waals surface area contributed by atoms with Crippen LogP contribution < -0.4 is 10.6 Å². The predicted octanol–water partition coefficient (Wildman–Crippen LogP) is 0.193. The van der Waals surface area contributed by atoms with Crippen molar-refractivity contribution in [1.29, 1.82) is 0 Å². The normalized spacial score (nSPS) is 21.8. The van der Waals surface area contributed by atoms with Crippen molar-refractivity contribution in [3.63, 3.8) is 0 Å². The number of carbonyl (C=O) groups excluding carboxylic acids is 2. The summed E-state index contributed by atoms with van der Waals surface area (Å²) in [6.45, 7) is -0.671. The molecule has 74 valence electrons. The fraction of sp³-hybridized carbons (Fsp3) is 0.667. The summed E-state index contributed by atoms with van der Waals surface area (Å²) in [5, 5.41) is 4.08.